The molecule has 126 valence electrons. The quantitative estimate of drug-likeness (QED) is 0.848. The Morgan fingerprint density at radius 3 is 2.72 bits per heavy atom. The Labute approximate surface area is 147 Å². The molecule has 2 aromatic rings. The van der Waals surface area contributed by atoms with Gasteiger partial charge in [0.15, 0.2) is 0 Å². The molecule has 3 heterocycles. The van der Waals surface area contributed by atoms with Crippen molar-refractivity contribution in [3.63, 3.8) is 0 Å². The van der Waals surface area contributed by atoms with E-state index in [1.54, 1.807) is 18.3 Å². The van der Waals surface area contributed by atoms with E-state index in [2.05, 4.69) is 22.0 Å². The first-order chi connectivity index (χ1) is 12.3. The van der Waals surface area contributed by atoms with E-state index >= 15 is 0 Å². The third-order valence-electron chi connectivity index (χ3n) is 5.20. The van der Waals surface area contributed by atoms with E-state index < -0.39 is 0 Å². The number of piperidine rings is 1. The molecule has 4 rings (SSSR count). The van der Waals surface area contributed by atoms with Crippen molar-refractivity contribution in [1.29, 1.82) is 5.26 Å². The maximum Gasteiger partial charge on any atom is 0.230 e. The number of anilines is 2. The number of nitrogens with zero attached hydrogens (tertiary/aromatic N) is 4. The number of hydrogen-bond acceptors (Lipinski definition) is 4. The summed E-state index contributed by atoms with van der Waals surface area (Å²) in [7, 11) is 0. The Hall–Kier alpha value is -2.87. The van der Waals surface area contributed by atoms with Crippen molar-refractivity contribution < 1.29 is 4.79 Å². The van der Waals surface area contributed by atoms with E-state index in [1.165, 1.54) is 5.56 Å². The lowest BCUT2D eigenvalue weighted by Gasteiger charge is -2.34. The SMILES string of the molecule is N#Cc1cccnc1N1CCC(C(=O)N2CCc3ccccc32)CC1. The Morgan fingerprint density at radius 2 is 1.92 bits per heavy atom. The second-order valence-corrected chi connectivity index (χ2v) is 6.62. The number of carbonyl (C=O) groups excluding carboxylic acids is 1. The first kappa shape index (κ1) is 15.6. The molecule has 0 atom stereocenters. The number of nitriles is 1. The zero-order valence-corrected chi connectivity index (χ0v) is 14.1. The highest BCUT2D eigenvalue weighted by Gasteiger charge is 2.32. The zero-order chi connectivity index (χ0) is 17.2. The van der Waals surface area contributed by atoms with E-state index in [-0.39, 0.29) is 11.8 Å². The molecule has 0 radical (unpaired) electrons. The molecule has 5 nitrogen and oxygen atoms in total. The van der Waals surface area contributed by atoms with Crippen LogP contribution in [-0.2, 0) is 11.2 Å². The van der Waals surface area contributed by atoms with Crippen LogP contribution in [0.2, 0.25) is 0 Å². The Morgan fingerprint density at radius 1 is 1.12 bits per heavy atom. The molecule has 25 heavy (non-hydrogen) atoms. The maximum atomic E-state index is 13.0. The first-order valence-corrected chi connectivity index (χ1v) is 8.77. The number of aromatic nitrogens is 1. The molecule has 0 unspecified atom stereocenters. The maximum absolute atomic E-state index is 13.0. The van der Waals surface area contributed by atoms with Crippen LogP contribution in [0.1, 0.15) is 24.0 Å². The molecule has 1 fully saturated rings. The minimum atomic E-state index is 0.0525. The highest BCUT2D eigenvalue weighted by atomic mass is 16.2. The molecule has 1 aromatic carbocycles. The lowest BCUT2D eigenvalue weighted by molar-refractivity contribution is -0.122. The summed E-state index contributed by atoms with van der Waals surface area (Å²) < 4.78 is 0. The van der Waals surface area contributed by atoms with Crippen molar-refractivity contribution in [3.8, 4) is 6.07 Å². The van der Waals surface area contributed by atoms with Gasteiger partial charge in [0, 0.05) is 37.4 Å². The third-order valence-corrected chi connectivity index (χ3v) is 5.20. The molecule has 0 aliphatic carbocycles. The Kier molecular flexibility index (Phi) is 4.10. The highest BCUT2D eigenvalue weighted by Crippen LogP contribution is 2.32. The molecule has 1 aromatic heterocycles. The normalized spacial score (nSPS) is 17.2. The number of pyridine rings is 1. The summed E-state index contributed by atoms with van der Waals surface area (Å²) in [6, 6.07) is 14.0. The van der Waals surface area contributed by atoms with Gasteiger partial charge in [0.05, 0.1) is 5.56 Å². The molecule has 1 saturated heterocycles. The summed E-state index contributed by atoms with van der Waals surface area (Å²) in [5.41, 5.74) is 2.94. The first-order valence-electron chi connectivity index (χ1n) is 8.77. The van der Waals surface area contributed by atoms with Gasteiger partial charge in [-0.3, -0.25) is 4.79 Å². The Bertz CT molecular complexity index is 834. The number of benzene rings is 1. The van der Waals surface area contributed by atoms with Crippen molar-refractivity contribution in [1.82, 2.24) is 4.98 Å². The van der Waals surface area contributed by atoms with E-state index in [0.29, 0.717) is 5.56 Å². The summed E-state index contributed by atoms with van der Waals surface area (Å²) in [4.78, 5) is 21.4. The fraction of sp³-hybridized carbons (Fsp3) is 0.350. The number of fused-ring (bicyclic) bond motifs is 1. The molecular formula is C20H20N4O. The van der Waals surface area contributed by atoms with Crippen molar-refractivity contribution in [2.75, 3.05) is 29.4 Å². The molecule has 0 spiro atoms. The number of rotatable bonds is 2. The summed E-state index contributed by atoms with van der Waals surface area (Å²) in [6.45, 7) is 2.31. The number of para-hydroxylation sites is 1. The smallest absolute Gasteiger partial charge is 0.230 e. The Balaban J connectivity index is 1.44. The van der Waals surface area contributed by atoms with E-state index in [1.807, 2.05) is 23.1 Å². The van der Waals surface area contributed by atoms with Crippen molar-refractivity contribution in [2.24, 2.45) is 5.92 Å². The number of hydrogen-bond donors (Lipinski definition) is 0. The van der Waals surface area contributed by atoms with Crippen LogP contribution in [0.15, 0.2) is 42.6 Å². The van der Waals surface area contributed by atoms with Crippen molar-refractivity contribution in [3.05, 3.63) is 53.7 Å². The number of amides is 1. The molecule has 0 N–H and O–H groups in total. The minimum Gasteiger partial charge on any atom is -0.355 e. The molecule has 0 bridgehead atoms. The standard InChI is InChI=1S/C20H20N4O/c21-14-17-5-3-10-22-19(17)23-11-7-16(8-12-23)20(25)24-13-9-15-4-1-2-6-18(15)24/h1-6,10,16H,7-9,11-13H2. The van der Waals surface area contributed by atoms with Gasteiger partial charge in [-0.15, -0.1) is 0 Å². The molecular weight excluding hydrogens is 312 g/mol. The minimum absolute atomic E-state index is 0.0525. The van der Waals surface area contributed by atoms with E-state index in [4.69, 9.17) is 0 Å². The van der Waals surface area contributed by atoms with Gasteiger partial charge in [-0.2, -0.15) is 5.26 Å². The summed E-state index contributed by atoms with van der Waals surface area (Å²) in [6.07, 6.45) is 4.27. The lowest BCUT2D eigenvalue weighted by atomic mass is 9.95. The fourth-order valence-corrected chi connectivity index (χ4v) is 3.86. The van der Waals surface area contributed by atoms with Gasteiger partial charge in [0.25, 0.3) is 0 Å². The van der Waals surface area contributed by atoms with Crippen LogP contribution < -0.4 is 9.80 Å². The highest BCUT2D eigenvalue weighted by molar-refractivity contribution is 5.97. The van der Waals surface area contributed by atoms with Crippen LogP contribution in [0.25, 0.3) is 0 Å². The molecule has 2 aliphatic heterocycles. The van der Waals surface area contributed by atoms with Crippen LogP contribution in [0.5, 0.6) is 0 Å². The van der Waals surface area contributed by atoms with E-state index in [9.17, 15) is 10.1 Å². The van der Waals surface area contributed by atoms with Gasteiger partial charge in [0.1, 0.15) is 11.9 Å². The van der Waals surface area contributed by atoms with Gasteiger partial charge in [-0.25, -0.2) is 4.98 Å². The average molecular weight is 332 g/mol. The van der Waals surface area contributed by atoms with Crippen LogP contribution in [-0.4, -0.2) is 30.5 Å². The number of carbonyl (C=O) groups is 1. The molecule has 5 heteroatoms. The van der Waals surface area contributed by atoms with E-state index in [0.717, 1.165) is 50.4 Å². The van der Waals surface area contributed by atoms with Crippen LogP contribution in [0.4, 0.5) is 11.5 Å². The monoisotopic (exact) mass is 332 g/mol. The zero-order valence-electron chi connectivity index (χ0n) is 14.1. The third kappa shape index (κ3) is 2.85. The summed E-state index contributed by atoms with van der Waals surface area (Å²) in [5, 5.41) is 9.25. The van der Waals surface area contributed by atoms with Crippen LogP contribution in [0, 0.1) is 17.2 Å². The lowest BCUT2D eigenvalue weighted by Crippen LogP contribution is -2.42. The van der Waals surface area contributed by atoms with Crippen LogP contribution in [0.3, 0.4) is 0 Å². The average Bonchev–Trinajstić information content (AvgIpc) is 3.11. The van der Waals surface area contributed by atoms with Crippen LogP contribution >= 0.6 is 0 Å². The van der Waals surface area contributed by atoms with Gasteiger partial charge in [0.2, 0.25) is 5.91 Å². The summed E-state index contributed by atoms with van der Waals surface area (Å²) in [5.74, 6) is 1.03. The summed E-state index contributed by atoms with van der Waals surface area (Å²) >= 11 is 0. The van der Waals surface area contributed by atoms with Crippen molar-refractivity contribution in [2.45, 2.75) is 19.3 Å². The van der Waals surface area contributed by atoms with Gasteiger partial charge >= 0.3 is 0 Å². The molecule has 1 amide bonds. The second kappa shape index (κ2) is 6.56. The largest absolute Gasteiger partial charge is 0.355 e. The second-order valence-electron chi connectivity index (χ2n) is 6.62. The van der Waals surface area contributed by atoms with Gasteiger partial charge < -0.3 is 9.80 Å². The van der Waals surface area contributed by atoms with Gasteiger partial charge in [-0.1, -0.05) is 18.2 Å². The molecule has 0 saturated carbocycles. The molecule has 2 aliphatic rings. The predicted octanol–water partition coefficient (Wildman–Crippen LogP) is 2.76. The predicted molar refractivity (Wildman–Crippen MR) is 96.4 cm³/mol. The fourth-order valence-electron chi connectivity index (χ4n) is 3.86. The van der Waals surface area contributed by atoms with Gasteiger partial charge in [-0.05, 0) is 43.0 Å². The topological polar surface area (TPSA) is 60.2 Å². The van der Waals surface area contributed by atoms with Crippen molar-refractivity contribution >= 4 is 17.4 Å².